The van der Waals surface area contributed by atoms with Crippen LogP contribution in [0.2, 0.25) is 0 Å². The van der Waals surface area contributed by atoms with Gasteiger partial charge < -0.3 is 19.8 Å². The van der Waals surface area contributed by atoms with Crippen molar-refractivity contribution >= 4 is 5.91 Å². The molecule has 28 heavy (non-hydrogen) atoms. The van der Waals surface area contributed by atoms with Crippen LogP contribution in [0.25, 0.3) is 0 Å². The number of piperidine rings is 1. The van der Waals surface area contributed by atoms with E-state index in [1.54, 1.807) is 29.2 Å². The summed E-state index contributed by atoms with van der Waals surface area (Å²) in [6, 6.07) is 9.17. The number of amides is 1. The summed E-state index contributed by atoms with van der Waals surface area (Å²) in [6.45, 7) is 0.845. The first-order valence-electron chi connectivity index (χ1n) is 8.83. The lowest BCUT2D eigenvalue weighted by Crippen LogP contribution is -2.42. The van der Waals surface area contributed by atoms with Gasteiger partial charge in [-0.15, -0.1) is 0 Å². The first-order chi connectivity index (χ1) is 13.2. The first kappa shape index (κ1) is 20.0. The molecular weight excluding hydrogens is 375 g/mol. The van der Waals surface area contributed by atoms with Crippen LogP contribution in [0, 0.1) is 0 Å². The van der Waals surface area contributed by atoms with Crippen molar-refractivity contribution in [2.45, 2.75) is 31.7 Å². The number of rotatable bonds is 4. The van der Waals surface area contributed by atoms with Gasteiger partial charge in [-0.25, -0.2) is 0 Å². The van der Waals surface area contributed by atoms with Gasteiger partial charge in [-0.2, -0.15) is 13.2 Å². The maximum absolute atomic E-state index is 12.6. The second-order valence-electron chi connectivity index (χ2n) is 6.72. The number of aliphatic hydroxyl groups excluding tert-OH is 1. The predicted octanol–water partition coefficient (Wildman–Crippen LogP) is 3.59. The molecule has 5 nitrogen and oxygen atoms in total. The molecule has 0 aromatic heterocycles. The van der Waals surface area contributed by atoms with Crippen LogP contribution in [-0.4, -0.2) is 40.2 Å². The number of carbonyl (C=O) groups excluding carboxylic acids is 1. The van der Waals surface area contributed by atoms with Crippen LogP contribution >= 0.6 is 0 Å². The van der Waals surface area contributed by atoms with Crippen molar-refractivity contribution in [3.63, 3.8) is 0 Å². The Balaban J connectivity index is 1.67. The number of hydrogen-bond acceptors (Lipinski definition) is 4. The van der Waals surface area contributed by atoms with Crippen molar-refractivity contribution in [2.75, 3.05) is 13.1 Å². The number of phenols is 1. The standard InChI is InChI=1S/C20H20F3NO4/c21-20(22,23)15-6-7-18(17(26)10-15)28-12-13-3-1-4-14(9-13)19(27)24-8-2-5-16(25)11-24/h1,3-4,6-7,9-10,16,25-26H,2,5,8,11-12H2. The summed E-state index contributed by atoms with van der Waals surface area (Å²) in [6.07, 6.45) is -3.66. The highest BCUT2D eigenvalue weighted by molar-refractivity contribution is 5.94. The number of likely N-dealkylation sites (tertiary alicyclic amines) is 1. The first-order valence-corrected chi connectivity index (χ1v) is 8.83. The van der Waals surface area contributed by atoms with E-state index in [4.69, 9.17) is 4.74 Å². The number of benzene rings is 2. The number of alkyl halides is 3. The van der Waals surface area contributed by atoms with Gasteiger partial charge in [0.2, 0.25) is 0 Å². The number of nitrogens with zero attached hydrogens (tertiary/aromatic N) is 1. The minimum absolute atomic E-state index is 0.0251. The van der Waals surface area contributed by atoms with E-state index in [2.05, 4.69) is 0 Å². The average molecular weight is 395 g/mol. The number of aromatic hydroxyl groups is 1. The van der Waals surface area contributed by atoms with E-state index in [1.165, 1.54) is 0 Å². The molecule has 1 aliphatic heterocycles. The molecule has 8 heteroatoms. The van der Waals surface area contributed by atoms with Crippen LogP contribution < -0.4 is 4.74 Å². The van der Waals surface area contributed by atoms with E-state index in [0.717, 1.165) is 18.6 Å². The highest BCUT2D eigenvalue weighted by atomic mass is 19.4. The third kappa shape index (κ3) is 4.75. The fourth-order valence-corrected chi connectivity index (χ4v) is 3.09. The minimum Gasteiger partial charge on any atom is -0.504 e. The van der Waals surface area contributed by atoms with E-state index in [0.29, 0.717) is 36.7 Å². The molecule has 2 N–H and O–H groups in total. The molecule has 0 radical (unpaired) electrons. The Kier molecular flexibility index (Phi) is 5.79. The Bertz CT molecular complexity index is 854. The lowest BCUT2D eigenvalue weighted by atomic mass is 10.1. The summed E-state index contributed by atoms with van der Waals surface area (Å²) >= 11 is 0. The number of β-amino-alcohol motifs (C(OH)–C–C–N with tert-alkyl or cyclic N) is 1. The van der Waals surface area contributed by atoms with Gasteiger partial charge >= 0.3 is 6.18 Å². The molecule has 0 spiro atoms. The summed E-state index contributed by atoms with van der Waals surface area (Å²) in [5.41, 5.74) is 0.100. The number of ether oxygens (including phenoxy) is 1. The highest BCUT2D eigenvalue weighted by Gasteiger charge is 2.31. The normalized spacial score (nSPS) is 17.4. The Hall–Kier alpha value is -2.74. The molecule has 0 bridgehead atoms. The summed E-state index contributed by atoms with van der Waals surface area (Å²) in [7, 11) is 0. The quantitative estimate of drug-likeness (QED) is 0.830. The number of halogens is 3. The Morgan fingerprint density at radius 2 is 2.00 bits per heavy atom. The third-order valence-electron chi connectivity index (χ3n) is 4.54. The van der Waals surface area contributed by atoms with Crippen LogP contribution in [0.15, 0.2) is 42.5 Å². The van der Waals surface area contributed by atoms with Crippen molar-refractivity contribution in [3.05, 3.63) is 59.2 Å². The molecule has 1 fully saturated rings. The maximum atomic E-state index is 12.6. The second kappa shape index (κ2) is 8.10. The fraction of sp³-hybridized carbons (Fsp3) is 0.350. The van der Waals surface area contributed by atoms with E-state index >= 15 is 0 Å². The molecule has 2 aromatic carbocycles. The van der Waals surface area contributed by atoms with Crippen LogP contribution in [0.3, 0.4) is 0 Å². The summed E-state index contributed by atoms with van der Waals surface area (Å²) < 4.78 is 43.3. The molecular formula is C20H20F3NO4. The third-order valence-corrected chi connectivity index (χ3v) is 4.54. The van der Waals surface area contributed by atoms with Crippen LogP contribution in [-0.2, 0) is 12.8 Å². The van der Waals surface area contributed by atoms with Crippen molar-refractivity contribution in [3.8, 4) is 11.5 Å². The Morgan fingerprint density at radius 1 is 1.21 bits per heavy atom. The zero-order chi connectivity index (χ0) is 20.3. The lowest BCUT2D eigenvalue weighted by Gasteiger charge is -2.30. The van der Waals surface area contributed by atoms with Gasteiger partial charge in [0, 0.05) is 18.7 Å². The van der Waals surface area contributed by atoms with Crippen molar-refractivity contribution in [1.82, 2.24) is 4.90 Å². The average Bonchev–Trinajstić information content (AvgIpc) is 2.66. The Labute approximate surface area is 160 Å². The van der Waals surface area contributed by atoms with Crippen LogP contribution in [0.1, 0.15) is 34.3 Å². The molecule has 150 valence electrons. The molecule has 1 atom stereocenters. The number of aliphatic hydroxyl groups is 1. The zero-order valence-corrected chi connectivity index (χ0v) is 14.9. The second-order valence-corrected chi connectivity index (χ2v) is 6.72. The van der Waals surface area contributed by atoms with Crippen molar-refractivity contribution in [2.24, 2.45) is 0 Å². The SMILES string of the molecule is O=C(c1cccc(COc2ccc(C(F)(F)F)cc2O)c1)N1CCCC(O)C1. The van der Waals surface area contributed by atoms with Gasteiger partial charge in [-0.3, -0.25) is 4.79 Å². The molecule has 1 aliphatic rings. The fourth-order valence-electron chi connectivity index (χ4n) is 3.09. The van der Waals surface area contributed by atoms with E-state index in [9.17, 15) is 28.2 Å². The largest absolute Gasteiger partial charge is 0.504 e. The van der Waals surface area contributed by atoms with Gasteiger partial charge in [0.05, 0.1) is 11.7 Å². The topological polar surface area (TPSA) is 70.0 Å². The molecule has 1 saturated heterocycles. The number of hydrogen-bond donors (Lipinski definition) is 2. The molecule has 3 rings (SSSR count). The zero-order valence-electron chi connectivity index (χ0n) is 14.9. The van der Waals surface area contributed by atoms with E-state index in [1.807, 2.05) is 0 Å². The van der Waals surface area contributed by atoms with Crippen molar-refractivity contribution < 1.29 is 32.9 Å². The van der Waals surface area contributed by atoms with Gasteiger partial charge in [-0.1, -0.05) is 12.1 Å². The maximum Gasteiger partial charge on any atom is 0.416 e. The molecule has 0 saturated carbocycles. The van der Waals surface area contributed by atoms with E-state index < -0.39 is 23.6 Å². The van der Waals surface area contributed by atoms with Gasteiger partial charge in [0.25, 0.3) is 5.91 Å². The summed E-state index contributed by atoms with van der Waals surface area (Å²) in [5.74, 6) is -0.883. The van der Waals surface area contributed by atoms with Gasteiger partial charge in [-0.05, 0) is 48.7 Å². The summed E-state index contributed by atoms with van der Waals surface area (Å²) in [5, 5.41) is 19.5. The summed E-state index contributed by atoms with van der Waals surface area (Å²) in [4.78, 5) is 14.2. The number of carbonyl (C=O) groups is 1. The van der Waals surface area contributed by atoms with Gasteiger partial charge in [0.15, 0.2) is 11.5 Å². The van der Waals surface area contributed by atoms with Crippen LogP contribution in [0.4, 0.5) is 13.2 Å². The monoisotopic (exact) mass is 395 g/mol. The number of phenolic OH excluding ortho intramolecular Hbond substituents is 1. The van der Waals surface area contributed by atoms with Crippen LogP contribution in [0.5, 0.6) is 11.5 Å². The molecule has 1 amide bonds. The molecule has 0 aliphatic carbocycles. The molecule has 1 heterocycles. The smallest absolute Gasteiger partial charge is 0.416 e. The predicted molar refractivity (Wildman–Crippen MR) is 95.0 cm³/mol. The molecule has 2 aromatic rings. The molecule has 1 unspecified atom stereocenters. The lowest BCUT2D eigenvalue weighted by molar-refractivity contribution is -0.137. The Morgan fingerprint density at radius 3 is 2.68 bits per heavy atom. The highest BCUT2D eigenvalue weighted by Crippen LogP contribution is 2.35. The van der Waals surface area contributed by atoms with Gasteiger partial charge in [0.1, 0.15) is 6.61 Å². The minimum atomic E-state index is -4.55. The van der Waals surface area contributed by atoms with E-state index in [-0.39, 0.29) is 18.3 Å². The van der Waals surface area contributed by atoms with Crippen molar-refractivity contribution in [1.29, 1.82) is 0 Å².